The molecular weight excluding hydrogens is 454 g/mol. The van der Waals surface area contributed by atoms with E-state index in [9.17, 15) is 13.2 Å². The summed E-state index contributed by atoms with van der Waals surface area (Å²) in [6.45, 7) is 2.15. The molecule has 0 saturated carbocycles. The number of hydrogen-bond acceptors (Lipinski definition) is 5. The molecule has 170 valence electrons. The summed E-state index contributed by atoms with van der Waals surface area (Å²) < 4.78 is 29.3. The Kier molecular flexibility index (Phi) is 6.88. The highest BCUT2D eigenvalue weighted by atomic mass is 32.2. The quantitative estimate of drug-likeness (QED) is 0.374. The number of aryl methyl sites for hydroxylation is 1. The van der Waals surface area contributed by atoms with E-state index < -0.39 is 10.0 Å². The third-order valence-electron chi connectivity index (χ3n) is 5.31. The van der Waals surface area contributed by atoms with Gasteiger partial charge in [-0.2, -0.15) is 4.31 Å². The van der Waals surface area contributed by atoms with Gasteiger partial charge in [0, 0.05) is 20.1 Å². The summed E-state index contributed by atoms with van der Waals surface area (Å²) in [6, 6.07) is 23.9. The molecule has 0 aliphatic carbocycles. The SMILES string of the molecule is Cc1nc2ccc(S(=O)(=O)N(CC(=O)N(C)Cc3ccccc3)Cc3ccccc3)cc2s1. The van der Waals surface area contributed by atoms with Crippen molar-refractivity contribution in [3.63, 3.8) is 0 Å². The third-order valence-corrected chi connectivity index (χ3v) is 8.03. The average molecular weight is 480 g/mol. The van der Waals surface area contributed by atoms with Crippen LogP contribution in [0.25, 0.3) is 10.2 Å². The summed E-state index contributed by atoms with van der Waals surface area (Å²) in [5.74, 6) is -0.270. The van der Waals surface area contributed by atoms with Crippen LogP contribution in [0.15, 0.2) is 83.8 Å². The highest BCUT2D eigenvalue weighted by molar-refractivity contribution is 7.89. The van der Waals surface area contributed by atoms with Crippen LogP contribution in [-0.2, 0) is 27.9 Å². The zero-order valence-electron chi connectivity index (χ0n) is 18.5. The Labute approximate surface area is 198 Å². The van der Waals surface area contributed by atoms with E-state index in [1.807, 2.05) is 67.6 Å². The summed E-state index contributed by atoms with van der Waals surface area (Å²) in [4.78, 5) is 19.2. The molecule has 6 nitrogen and oxygen atoms in total. The maximum Gasteiger partial charge on any atom is 0.243 e. The van der Waals surface area contributed by atoms with Crippen molar-refractivity contribution in [2.24, 2.45) is 0 Å². The fourth-order valence-corrected chi connectivity index (χ4v) is 5.90. The molecule has 0 N–H and O–H groups in total. The van der Waals surface area contributed by atoms with Crippen molar-refractivity contribution in [1.82, 2.24) is 14.2 Å². The fourth-order valence-electron chi connectivity index (χ4n) is 3.56. The molecule has 0 bridgehead atoms. The lowest BCUT2D eigenvalue weighted by atomic mass is 10.2. The molecule has 33 heavy (non-hydrogen) atoms. The molecule has 0 aliphatic rings. The van der Waals surface area contributed by atoms with Crippen LogP contribution in [0.5, 0.6) is 0 Å². The second-order valence-corrected chi connectivity index (χ2v) is 11.0. The van der Waals surface area contributed by atoms with Gasteiger partial charge in [-0.25, -0.2) is 13.4 Å². The van der Waals surface area contributed by atoms with E-state index in [2.05, 4.69) is 4.98 Å². The van der Waals surface area contributed by atoms with Crippen molar-refractivity contribution < 1.29 is 13.2 Å². The molecule has 0 unspecified atom stereocenters. The van der Waals surface area contributed by atoms with Crippen LogP contribution in [0.4, 0.5) is 0 Å². The number of hydrogen-bond donors (Lipinski definition) is 0. The second kappa shape index (κ2) is 9.82. The standard InChI is InChI=1S/C25H25N3O3S2/c1-19-26-23-14-13-22(15-24(23)32-19)33(30,31)28(17-21-11-7-4-8-12-21)18-25(29)27(2)16-20-9-5-3-6-10-20/h3-15H,16-18H2,1-2H3. The molecule has 8 heteroatoms. The normalized spacial score (nSPS) is 11.7. The number of benzene rings is 3. The van der Waals surface area contributed by atoms with Gasteiger partial charge in [0.2, 0.25) is 15.9 Å². The van der Waals surface area contributed by atoms with E-state index in [4.69, 9.17) is 0 Å². The van der Waals surface area contributed by atoms with Crippen molar-refractivity contribution in [3.8, 4) is 0 Å². The summed E-state index contributed by atoms with van der Waals surface area (Å²) in [6.07, 6.45) is 0. The van der Waals surface area contributed by atoms with E-state index in [-0.39, 0.29) is 23.9 Å². The molecule has 3 aromatic carbocycles. The lowest BCUT2D eigenvalue weighted by Gasteiger charge is -2.25. The topological polar surface area (TPSA) is 70.6 Å². The maximum atomic E-state index is 13.6. The fraction of sp³-hybridized carbons (Fsp3) is 0.200. The number of sulfonamides is 1. The smallest absolute Gasteiger partial charge is 0.243 e. The first-order valence-corrected chi connectivity index (χ1v) is 12.8. The number of rotatable bonds is 8. The number of likely N-dealkylation sites (N-methyl/N-ethyl adjacent to an activating group) is 1. The van der Waals surface area contributed by atoms with Crippen LogP contribution in [-0.4, -0.2) is 42.1 Å². The predicted octanol–water partition coefficient (Wildman–Crippen LogP) is 4.45. The highest BCUT2D eigenvalue weighted by Crippen LogP contribution is 2.27. The first-order valence-electron chi connectivity index (χ1n) is 10.5. The van der Waals surface area contributed by atoms with Gasteiger partial charge < -0.3 is 4.90 Å². The van der Waals surface area contributed by atoms with Crippen molar-refractivity contribution in [3.05, 3.63) is 95.0 Å². The minimum absolute atomic E-state index is 0.105. The number of carbonyl (C=O) groups is 1. The van der Waals surface area contributed by atoms with Crippen LogP contribution < -0.4 is 0 Å². The molecule has 0 atom stereocenters. The van der Waals surface area contributed by atoms with Crippen LogP contribution in [0.3, 0.4) is 0 Å². The van der Waals surface area contributed by atoms with Crippen LogP contribution in [0.2, 0.25) is 0 Å². The number of thiazole rings is 1. The van der Waals surface area contributed by atoms with Crippen LogP contribution in [0, 0.1) is 6.92 Å². The van der Waals surface area contributed by atoms with Crippen molar-refractivity contribution in [2.45, 2.75) is 24.9 Å². The number of fused-ring (bicyclic) bond motifs is 1. The Morgan fingerprint density at radius 1 is 0.909 bits per heavy atom. The summed E-state index contributed by atoms with van der Waals surface area (Å²) in [7, 11) is -2.23. The monoisotopic (exact) mass is 479 g/mol. The molecule has 0 fully saturated rings. The Morgan fingerprint density at radius 2 is 1.52 bits per heavy atom. The van der Waals surface area contributed by atoms with Gasteiger partial charge in [-0.1, -0.05) is 60.7 Å². The van der Waals surface area contributed by atoms with Gasteiger partial charge in [0.05, 0.1) is 26.7 Å². The number of nitrogens with zero attached hydrogens (tertiary/aromatic N) is 3. The molecule has 0 radical (unpaired) electrons. The van der Waals surface area contributed by atoms with Crippen LogP contribution >= 0.6 is 11.3 Å². The number of carbonyl (C=O) groups excluding carboxylic acids is 1. The zero-order valence-corrected chi connectivity index (χ0v) is 20.1. The molecule has 1 aromatic heterocycles. The Bertz CT molecular complexity index is 1350. The number of amides is 1. The van der Waals surface area contributed by atoms with E-state index in [0.717, 1.165) is 26.4 Å². The number of aromatic nitrogens is 1. The van der Waals surface area contributed by atoms with Crippen molar-refractivity contribution >= 4 is 37.5 Å². The lowest BCUT2D eigenvalue weighted by molar-refractivity contribution is -0.130. The van der Waals surface area contributed by atoms with E-state index in [1.165, 1.54) is 15.6 Å². The van der Waals surface area contributed by atoms with Gasteiger partial charge in [0.15, 0.2) is 0 Å². The maximum absolute atomic E-state index is 13.6. The highest BCUT2D eigenvalue weighted by Gasteiger charge is 2.28. The minimum Gasteiger partial charge on any atom is -0.340 e. The predicted molar refractivity (Wildman–Crippen MR) is 131 cm³/mol. The van der Waals surface area contributed by atoms with E-state index in [1.54, 1.807) is 30.1 Å². The van der Waals surface area contributed by atoms with Crippen LogP contribution in [0.1, 0.15) is 16.1 Å². The molecule has 0 spiro atoms. The van der Waals surface area contributed by atoms with Gasteiger partial charge in [0.25, 0.3) is 0 Å². The first-order chi connectivity index (χ1) is 15.8. The van der Waals surface area contributed by atoms with Crippen molar-refractivity contribution in [1.29, 1.82) is 0 Å². The molecule has 0 saturated heterocycles. The van der Waals surface area contributed by atoms with Gasteiger partial charge in [-0.15, -0.1) is 11.3 Å². The second-order valence-electron chi connectivity index (χ2n) is 7.86. The largest absolute Gasteiger partial charge is 0.340 e. The van der Waals surface area contributed by atoms with Gasteiger partial charge in [-0.3, -0.25) is 4.79 Å². The third kappa shape index (κ3) is 5.47. The Hall–Kier alpha value is -3.07. The molecule has 4 aromatic rings. The summed E-state index contributed by atoms with van der Waals surface area (Å²) in [5.41, 5.74) is 2.57. The zero-order chi connectivity index (χ0) is 23.4. The van der Waals surface area contributed by atoms with Crippen molar-refractivity contribution in [2.75, 3.05) is 13.6 Å². The lowest BCUT2D eigenvalue weighted by Crippen LogP contribution is -2.40. The molecule has 4 rings (SSSR count). The Balaban J connectivity index is 1.62. The molecule has 1 amide bonds. The minimum atomic E-state index is -3.92. The van der Waals surface area contributed by atoms with E-state index in [0.29, 0.717) is 6.54 Å². The van der Waals surface area contributed by atoms with Gasteiger partial charge >= 0.3 is 0 Å². The van der Waals surface area contributed by atoms with E-state index >= 15 is 0 Å². The first kappa shape index (κ1) is 23.1. The summed E-state index contributed by atoms with van der Waals surface area (Å²) >= 11 is 1.45. The van der Waals surface area contributed by atoms with Gasteiger partial charge in [0.1, 0.15) is 0 Å². The Morgan fingerprint density at radius 3 is 2.15 bits per heavy atom. The summed E-state index contributed by atoms with van der Waals surface area (Å²) in [5, 5.41) is 0.874. The average Bonchev–Trinajstić information content (AvgIpc) is 3.19. The molecular formula is C25H25N3O3S2. The molecule has 1 heterocycles. The van der Waals surface area contributed by atoms with Gasteiger partial charge in [-0.05, 0) is 36.2 Å². The molecule has 0 aliphatic heterocycles.